The molecule has 0 aliphatic rings. The number of halogens is 1. The fourth-order valence-electron chi connectivity index (χ4n) is 3.59. The van der Waals surface area contributed by atoms with Gasteiger partial charge in [0.2, 0.25) is 0 Å². The van der Waals surface area contributed by atoms with E-state index >= 15 is 0 Å². The number of hydrogen-bond acceptors (Lipinski definition) is 3. The number of rotatable bonds is 8. The van der Waals surface area contributed by atoms with Gasteiger partial charge in [-0.25, -0.2) is 9.82 Å². The smallest absolute Gasteiger partial charge is 0.262 e. The van der Waals surface area contributed by atoms with Gasteiger partial charge in [0.05, 0.1) is 11.8 Å². The van der Waals surface area contributed by atoms with Gasteiger partial charge in [0.1, 0.15) is 11.9 Å². The molecule has 1 atom stereocenters. The molecular formula is C25H29FN4O2. The Morgan fingerprint density at radius 2 is 1.75 bits per heavy atom. The van der Waals surface area contributed by atoms with Crippen LogP contribution in [0.5, 0.6) is 0 Å². The Balaban J connectivity index is 1.74. The van der Waals surface area contributed by atoms with Crippen LogP contribution in [0, 0.1) is 11.7 Å². The fraction of sp³-hybridized carbons (Fsp3) is 0.320. The van der Waals surface area contributed by atoms with Crippen LogP contribution in [-0.4, -0.2) is 28.6 Å². The van der Waals surface area contributed by atoms with E-state index in [-0.39, 0.29) is 17.5 Å². The lowest BCUT2D eigenvalue weighted by Gasteiger charge is -2.19. The summed E-state index contributed by atoms with van der Waals surface area (Å²) in [5, 5.41) is 7.79. The van der Waals surface area contributed by atoms with Crippen LogP contribution in [-0.2, 0) is 4.79 Å². The van der Waals surface area contributed by atoms with Gasteiger partial charge < -0.3 is 9.88 Å². The number of amides is 2. The molecule has 0 aliphatic heterocycles. The zero-order chi connectivity index (χ0) is 23.3. The highest BCUT2D eigenvalue weighted by Crippen LogP contribution is 2.23. The summed E-state index contributed by atoms with van der Waals surface area (Å²) < 4.78 is 16.1. The van der Waals surface area contributed by atoms with E-state index in [0.717, 1.165) is 16.5 Å². The highest BCUT2D eigenvalue weighted by atomic mass is 19.1. The van der Waals surface area contributed by atoms with Gasteiger partial charge in [-0.05, 0) is 44.4 Å². The molecule has 0 radical (unpaired) electrons. The van der Waals surface area contributed by atoms with E-state index in [9.17, 15) is 14.0 Å². The van der Waals surface area contributed by atoms with Gasteiger partial charge in [0.25, 0.3) is 11.8 Å². The molecule has 2 aromatic carbocycles. The molecule has 0 spiro atoms. The quantitative estimate of drug-likeness (QED) is 0.398. The molecule has 0 saturated heterocycles. The maximum Gasteiger partial charge on any atom is 0.262 e. The summed E-state index contributed by atoms with van der Waals surface area (Å²) in [4.78, 5) is 25.3. The van der Waals surface area contributed by atoms with Gasteiger partial charge in [-0.3, -0.25) is 9.59 Å². The molecule has 2 N–H and O–H groups in total. The first kappa shape index (κ1) is 23.2. The molecule has 1 aromatic heterocycles. The number of carbonyl (C=O) groups is 2. The van der Waals surface area contributed by atoms with Gasteiger partial charge in [-0.1, -0.05) is 44.2 Å². The first-order valence-electron chi connectivity index (χ1n) is 10.8. The van der Waals surface area contributed by atoms with Crippen molar-refractivity contribution < 1.29 is 14.0 Å². The highest BCUT2D eigenvalue weighted by Gasteiger charge is 2.23. The molecule has 168 valence electrons. The second-order valence-electron chi connectivity index (χ2n) is 8.47. The van der Waals surface area contributed by atoms with Crippen molar-refractivity contribution in [1.82, 2.24) is 15.3 Å². The Bertz CT molecular complexity index is 1130. The minimum absolute atomic E-state index is 0.0981. The van der Waals surface area contributed by atoms with Crippen LogP contribution < -0.4 is 10.7 Å². The molecule has 32 heavy (non-hydrogen) atoms. The first-order valence-corrected chi connectivity index (χ1v) is 10.8. The third kappa shape index (κ3) is 5.41. The standard InChI is InChI=1S/C25H29FN4O2/c1-16(2)13-22(28-24(31)20-10-5-7-11-21(20)26)25(32)29-27-14-18-15-30(17(3)4)23-12-8-6-9-19(18)23/h5-12,14-17,22H,13H2,1-4H3,(H,28,31)(H,29,32)/b27-14-/t22-/m0/s1. The second kappa shape index (κ2) is 10.2. The number of nitrogens with zero attached hydrogens (tertiary/aromatic N) is 2. The fourth-order valence-corrected chi connectivity index (χ4v) is 3.59. The summed E-state index contributed by atoms with van der Waals surface area (Å²) in [7, 11) is 0. The van der Waals surface area contributed by atoms with Gasteiger partial charge in [-0.15, -0.1) is 0 Å². The number of fused-ring (bicyclic) bond motifs is 1. The van der Waals surface area contributed by atoms with E-state index < -0.39 is 23.7 Å². The molecule has 0 unspecified atom stereocenters. The van der Waals surface area contributed by atoms with E-state index in [4.69, 9.17) is 0 Å². The molecule has 7 heteroatoms. The number of hydrogen-bond donors (Lipinski definition) is 2. The summed E-state index contributed by atoms with van der Waals surface area (Å²) in [6.45, 7) is 8.09. The third-order valence-electron chi connectivity index (χ3n) is 5.15. The normalized spacial score (nSPS) is 12.6. The Hall–Kier alpha value is -3.48. The summed E-state index contributed by atoms with van der Waals surface area (Å²) in [6.07, 6.45) is 4.00. The van der Waals surface area contributed by atoms with Crippen molar-refractivity contribution in [2.45, 2.75) is 46.2 Å². The van der Waals surface area contributed by atoms with Crippen LogP contribution in [0.1, 0.15) is 56.1 Å². The molecular weight excluding hydrogens is 407 g/mol. The number of para-hydroxylation sites is 1. The Morgan fingerprint density at radius 1 is 1.06 bits per heavy atom. The Morgan fingerprint density at radius 3 is 2.44 bits per heavy atom. The molecule has 3 aromatic rings. The van der Waals surface area contributed by atoms with E-state index in [0.29, 0.717) is 6.42 Å². The summed E-state index contributed by atoms with van der Waals surface area (Å²) in [6, 6.07) is 13.1. The molecule has 0 saturated carbocycles. The predicted molar refractivity (Wildman–Crippen MR) is 125 cm³/mol. The zero-order valence-corrected chi connectivity index (χ0v) is 18.8. The molecule has 2 amide bonds. The molecule has 0 fully saturated rings. The van der Waals surface area contributed by atoms with Crippen molar-refractivity contribution >= 4 is 28.9 Å². The van der Waals surface area contributed by atoms with Gasteiger partial charge in [0, 0.05) is 28.7 Å². The largest absolute Gasteiger partial charge is 0.344 e. The molecule has 3 rings (SSSR count). The van der Waals surface area contributed by atoms with Crippen LogP contribution in [0.25, 0.3) is 10.9 Å². The monoisotopic (exact) mass is 436 g/mol. The summed E-state index contributed by atoms with van der Waals surface area (Å²) in [5.74, 6) is -1.58. The van der Waals surface area contributed by atoms with Crippen LogP contribution in [0.15, 0.2) is 59.8 Å². The Labute approximate surface area is 187 Å². The Kier molecular flexibility index (Phi) is 7.41. The topological polar surface area (TPSA) is 75.5 Å². The van der Waals surface area contributed by atoms with E-state index in [2.05, 4.69) is 34.3 Å². The number of hydrazone groups is 1. The molecule has 0 bridgehead atoms. The van der Waals surface area contributed by atoms with Crippen molar-refractivity contribution in [3.05, 3.63) is 71.7 Å². The van der Waals surface area contributed by atoms with Crippen molar-refractivity contribution in [3.8, 4) is 0 Å². The van der Waals surface area contributed by atoms with Crippen molar-refractivity contribution in [3.63, 3.8) is 0 Å². The maximum absolute atomic E-state index is 13.9. The highest BCUT2D eigenvalue weighted by molar-refractivity contribution is 6.00. The van der Waals surface area contributed by atoms with Crippen molar-refractivity contribution in [2.24, 2.45) is 11.0 Å². The second-order valence-corrected chi connectivity index (χ2v) is 8.47. The predicted octanol–water partition coefficient (Wildman–Crippen LogP) is 4.66. The SMILES string of the molecule is CC(C)C[C@H](NC(=O)c1ccccc1F)C(=O)N/N=C\c1cn(C(C)C)c2ccccc12. The van der Waals surface area contributed by atoms with Crippen LogP contribution in [0.3, 0.4) is 0 Å². The zero-order valence-electron chi connectivity index (χ0n) is 18.8. The van der Waals surface area contributed by atoms with E-state index in [1.165, 1.54) is 18.2 Å². The summed E-state index contributed by atoms with van der Waals surface area (Å²) in [5.41, 5.74) is 4.39. The van der Waals surface area contributed by atoms with E-state index in [1.807, 2.05) is 44.3 Å². The number of aromatic nitrogens is 1. The van der Waals surface area contributed by atoms with Crippen LogP contribution in [0.4, 0.5) is 4.39 Å². The van der Waals surface area contributed by atoms with Crippen LogP contribution >= 0.6 is 0 Å². The first-order chi connectivity index (χ1) is 15.3. The maximum atomic E-state index is 13.9. The minimum Gasteiger partial charge on any atom is -0.344 e. The number of benzene rings is 2. The molecule has 1 heterocycles. The minimum atomic E-state index is -0.837. The lowest BCUT2D eigenvalue weighted by molar-refractivity contribution is -0.123. The summed E-state index contributed by atoms with van der Waals surface area (Å²) >= 11 is 0. The van der Waals surface area contributed by atoms with Gasteiger partial charge in [-0.2, -0.15) is 5.10 Å². The van der Waals surface area contributed by atoms with Crippen molar-refractivity contribution in [1.29, 1.82) is 0 Å². The van der Waals surface area contributed by atoms with Gasteiger partial charge >= 0.3 is 0 Å². The lowest BCUT2D eigenvalue weighted by Crippen LogP contribution is -2.46. The van der Waals surface area contributed by atoms with E-state index in [1.54, 1.807) is 12.3 Å². The lowest BCUT2D eigenvalue weighted by atomic mass is 10.0. The van der Waals surface area contributed by atoms with Crippen LogP contribution in [0.2, 0.25) is 0 Å². The van der Waals surface area contributed by atoms with Crippen molar-refractivity contribution in [2.75, 3.05) is 0 Å². The van der Waals surface area contributed by atoms with Gasteiger partial charge in [0.15, 0.2) is 0 Å². The number of nitrogens with one attached hydrogen (secondary N) is 2. The third-order valence-corrected chi connectivity index (χ3v) is 5.15. The molecule has 0 aliphatic carbocycles. The average molecular weight is 437 g/mol. The number of carbonyl (C=O) groups excluding carboxylic acids is 2. The molecule has 6 nitrogen and oxygen atoms in total. The average Bonchev–Trinajstić information content (AvgIpc) is 3.12.